The fourth-order valence-corrected chi connectivity index (χ4v) is 6.36. The van der Waals surface area contributed by atoms with Gasteiger partial charge in [-0.25, -0.2) is 0 Å². The van der Waals surface area contributed by atoms with Gasteiger partial charge in [0.2, 0.25) is 0 Å². The highest BCUT2D eigenvalue weighted by Crippen LogP contribution is 2.39. The molecule has 0 unspecified atom stereocenters. The summed E-state index contributed by atoms with van der Waals surface area (Å²) >= 11 is 0. The van der Waals surface area contributed by atoms with E-state index in [1.807, 2.05) is 57.2 Å². The first kappa shape index (κ1) is 41.4. The van der Waals surface area contributed by atoms with E-state index in [1.54, 1.807) is 0 Å². The zero-order valence-electron chi connectivity index (χ0n) is 33.8. The molecular weight excluding hydrogens is 665 g/mol. The molecule has 0 atom stereocenters. The van der Waals surface area contributed by atoms with Crippen molar-refractivity contribution in [3.8, 4) is 11.1 Å². The summed E-state index contributed by atoms with van der Waals surface area (Å²) in [6, 6.07) is 42.5. The Bertz CT molecular complexity index is 2240. The van der Waals surface area contributed by atoms with Crippen LogP contribution in [0.2, 0.25) is 0 Å². The fraction of sp³-hybridized carbons (Fsp3) is 0.132. The van der Waals surface area contributed by atoms with Gasteiger partial charge in [0.15, 0.2) is 0 Å². The van der Waals surface area contributed by atoms with Gasteiger partial charge >= 0.3 is 0 Å². The second-order valence-electron chi connectivity index (χ2n) is 13.1. The van der Waals surface area contributed by atoms with Gasteiger partial charge in [-0.3, -0.25) is 0 Å². The summed E-state index contributed by atoms with van der Waals surface area (Å²) in [5.74, 6) is 0. The van der Waals surface area contributed by atoms with Gasteiger partial charge in [0.1, 0.15) is 0 Å². The normalized spacial score (nSPS) is 11.7. The number of hydrogen-bond acceptors (Lipinski definition) is 2. The van der Waals surface area contributed by atoms with Crippen molar-refractivity contribution in [3.05, 3.63) is 234 Å². The van der Waals surface area contributed by atoms with E-state index in [0.717, 1.165) is 67.6 Å². The lowest BCUT2D eigenvalue weighted by Gasteiger charge is -2.31. The molecule has 55 heavy (non-hydrogen) atoms. The topological polar surface area (TPSA) is 6.48 Å². The Hall–Kier alpha value is -6.38. The summed E-state index contributed by atoms with van der Waals surface area (Å²) in [7, 11) is 0. The second-order valence-corrected chi connectivity index (χ2v) is 13.1. The lowest BCUT2D eigenvalue weighted by Crippen LogP contribution is -2.21. The molecule has 2 nitrogen and oxygen atoms in total. The molecule has 0 saturated carbocycles. The van der Waals surface area contributed by atoms with Crippen molar-refractivity contribution < 1.29 is 0 Å². The van der Waals surface area contributed by atoms with Gasteiger partial charge in [-0.05, 0) is 134 Å². The first-order valence-corrected chi connectivity index (χ1v) is 19.0. The zero-order valence-corrected chi connectivity index (χ0v) is 33.8. The Morgan fingerprint density at radius 1 is 0.655 bits per heavy atom. The van der Waals surface area contributed by atoms with Gasteiger partial charge in [-0.1, -0.05) is 149 Å². The van der Waals surface area contributed by atoms with E-state index in [9.17, 15) is 0 Å². The molecule has 5 aromatic carbocycles. The summed E-state index contributed by atoms with van der Waals surface area (Å²) < 4.78 is 0. The van der Waals surface area contributed by atoms with Crippen molar-refractivity contribution in [2.45, 2.75) is 48.5 Å². The van der Waals surface area contributed by atoms with Crippen molar-refractivity contribution in [2.75, 3.05) is 9.80 Å². The minimum atomic E-state index is 0.802. The number of aryl methyl sites for hydroxylation is 1. The largest absolute Gasteiger partial charge is 0.311 e. The highest BCUT2D eigenvalue weighted by Gasteiger charge is 2.21. The van der Waals surface area contributed by atoms with E-state index in [2.05, 4.69) is 191 Å². The number of benzene rings is 5. The SMILES string of the molecule is C=CC(=C)N(c1cccc(-c2ccccc2)c1)c1ccc(/C=C(\c2ccccc2C)N(/C(C=C)=C/C(=C)/C(C)=C/C=C\C)c2ccccc2)c(C)c1C.CC. The molecule has 0 spiro atoms. The van der Waals surface area contributed by atoms with Gasteiger partial charge < -0.3 is 9.80 Å². The maximum atomic E-state index is 4.43. The van der Waals surface area contributed by atoms with E-state index in [4.69, 9.17) is 0 Å². The van der Waals surface area contributed by atoms with Crippen LogP contribution >= 0.6 is 0 Å². The van der Waals surface area contributed by atoms with Crippen LogP contribution in [0.4, 0.5) is 17.1 Å². The molecule has 0 radical (unpaired) electrons. The van der Waals surface area contributed by atoms with Crippen LogP contribution in [0.1, 0.15) is 55.5 Å². The number of allylic oxidation sites excluding steroid dienone is 8. The molecule has 0 bridgehead atoms. The predicted molar refractivity (Wildman–Crippen MR) is 245 cm³/mol. The molecule has 278 valence electrons. The molecule has 0 heterocycles. The van der Waals surface area contributed by atoms with Crippen LogP contribution in [-0.2, 0) is 0 Å². The van der Waals surface area contributed by atoms with Gasteiger partial charge in [-0.15, -0.1) is 0 Å². The van der Waals surface area contributed by atoms with Gasteiger partial charge in [0.25, 0.3) is 0 Å². The summed E-state index contributed by atoms with van der Waals surface area (Å²) in [5, 5.41) is 0. The lowest BCUT2D eigenvalue weighted by atomic mass is 9.95. The van der Waals surface area contributed by atoms with Gasteiger partial charge in [0.05, 0.1) is 5.70 Å². The van der Waals surface area contributed by atoms with E-state index >= 15 is 0 Å². The average Bonchev–Trinajstić information content (AvgIpc) is 3.23. The minimum Gasteiger partial charge on any atom is -0.311 e. The predicted octanol–water partition coefficient (Wildman–Crippen LogP) is 15.3. The molecule has 5 rings (SSSR count). The van der Waals surface area contributed by atoms with Crippen molar-refractivity contribution in [3.63, 3.8) is 0 Å². The summed E-state index contributed by atoms with van der Waals surface area (Å²) in [4.78, 5) is 4.48. The Morgan fingerprint density at radius 3 is 1.91 bits per heavy atom. The number of rotatable bonds is 14. The molecule has 0 N–H and O–H groups in total. The first-order valence-electron chi connectivity index (χ1n) is 19.0. The highest BCUT2D eigenvalue weighted by atomic mass is 15.2. The number of hydrogen-bond donors (Lipinski definition) is 0. The van der Waals surface area contributed by atoms with E-state index in [0.29, 0.717) is 0 Å². The van der Waals surface area contributed by atoms with Crippen molar-refractivity contribution >= 4 is 28.8 Å². The average molecular weight is 721 g/mol. The zero-order chi connectivity index (χ0) is 39.9. The molecule has 2 heteroatoms. The quantitative estimate of drug-likeness (QED) is 0.0832. The summed E-state index contributed by atoms with van der Waals surface area (Å²) in [6.45, 7) is 31.9. The third-order valence-electron chi connectivity index (χ3n) is 9.58. The van der Waals surface area contributed by atoms with Gasteiger partial charge in [0, 0.05) is 34.0 Å². The maximum Gasteiger partial charge on any atom is 0.0542 e. The van der Waals surface area contributed by atoms with Crippen LogP contribution in [0.15, 0.2) is 207 Å². The van der Waals surface area contributed by atoms with Crippen LogP contribution in [0.25, 0.3) is 22.9 Å². The summed E-state index contributed by atoms with van der Waals surface area (Å²) in [5.41, 5.74) is 15.9. The molecular formula is C53H56N2. The van der Waals surface area contributed by atoms with Crippen LogP contribution in [-0.4, -0.2) is 0 Å². The number of para-hydroxylation sites is 1. The van der Waals surface area contributed by atoms with E-state index in [1.165, 1.54) is 16.7 Å². The monoisotopic (exact) mass is 720 g/mol. The molecule has 0 aromatic heterocycles. The van der Waals surface area contributed by atoms with Crippen molar-refractivity contribution in [1.82, 2.24) is 0 Å². The minimum absolute atomic E-state index is 0.802. The molecule has 0 aliphatic carbocycles. The smallest absolute Gasteiger partial charge is 0.0542 e. The Kier molecular flexibility index (Phi) is 15.2. The third kappa shape index (κ3) is 9.99. The fourth-order valence-electron chi connectivity index (χ4n) is 6.36. The van der Waals surface area contributed by atoms with Crippen LogP contribution in [0, 0.1) is 20.8 Å². The maximum absolute atomic E-state index is 4.43. The molecule has 0 aliphatic rings. The highest BCUT2D eigenvalue weighted by molar-refractivity contribution is 5.95. The molecule has 0 saturated heterocycles. The molecule has 0 amide bonds. The van der Waals surface area contributed by atoms with Crippen molar-refractivity contribution in [1.29, 1.82) is 0 Å². The molecule has 0 fully saturated rings. The Balaban J connectivity index is 0.00000331. The number of nitrogens with zero attached hydrogens (tertiary/aromatic N) is 2. The van der Waals surface area contributed by atoms with Crippen LogP contribution in [0.3, 0.4) is 0 Å². The van der Waals surface area contributed by atoms with E-state index in [-0.39, 0.29) is 0 Å². The second kappa shape index (κ2) is 20.2. The van der Waals surface area contributed by atoms with Crippen molar-refractivity contribution in [2.24, 2.45) is 0 Å². The Morgan fingerprint density at radius 2 is 1.27 bits per heavy atom. The molecule has 0 aliphatic heterocycles. The first-order chi connectivity index (χ1) is 26.7. The standard InChI is InChI=1S/C51H50N2.C2H6/c1-10-13-23-37(4)39(6)34-46(12-3)53(47-28-18-15-19-29-47)51(49-31-21-20-24-38(49)5)36-44-32-33-50(42(9)41(44)8)52(40(7)11-2)48-30-22-27-45(35-48)43-25-16-14-17-26-43;1-2/h10-36H,2-3,6-7H2,1,4-5,8-9H3;1-2H3/b13-10-,37-23+,46-34+,51-36+;. The third-order valence-corrected chi connectivity index (χ3v) is 9.58. The van der Waals surface area contributed by atoms with Gasteiger partial charge in [-0.2, -0.15) is 0 Å². The molecule has 5 aromatic rings. The number of anilines is 3. The summed E-state index contributed by atoms with van der Waals surface area (Å²) in [6.07, 6.45) is 14.3. The van der Waals surface area contributed by atoms with Crippen LogP contribution in [0.5, 0.6) is 0 Å². The lowest BCUT2D eigenvalue weighted by molar-refractivity contribution is 1.17. The Labute approximate surface area is 331 Å². The van der Waals surface area contributed by atoms with E-state index < -0.39 is 0 Å². The van der Waals surface area contributed by atoms with Crippen LogP contribution < -0.4 is 9.80 Å².